The van der Waals surface area contributed by atoms with Gasteiger partial charge in [-0.2, -0.15) is 0 Å². The van der Waals surface area contributed by atoms with Crippen LogP contribution in [0.25, 0.3) is 0 Å². The van der Waals surface area contributed by atoms with E-state index in [0.717, 1.165) is 36.4 Å². The second-order valence-electron chi connectivity index (χ2n) is 6.52. The molecular formula is C20H26Cl2N2O2. The van der Waals surface area contributed by atoms with Gasteiger partial charge in [-0.25, -0.2) is 0 Å². The van der Waals surface area contributed by atoms with E-state index in [2.05, 4.69) is 36.4 Å². The Bertz CT molecular complexity index is 683. The number of nitrogens with zero attached hydrogens (tertiary/aromatic N) is 1. The van der Waals surface area contributed by atoms with Crippen LogP contribution in [0.3, 0.4) is 0 Å². The summed E-state index contributed by atoms with van der Waals surface area (Å²) in [6.45, 7) is 2.65. The first-order valence-electron chi connectivity index (χ1n) is 8.65. The predicted molar refractivity (Wildman–Crippen MR) is 109 cm³/mol. The van der Waals surface area contributed by atoms with Crippen molar-refractivity contribution in [1.29, 1.82) is 0 Å². The van der Waals surface area contributed by atoms with Gasteiger partial charge in [0.25, 0.3) is 0 Å². The Balaban J connectivity index is 0.00000243. The number of rotatable bonds is 7. The molecule has 6 heteroatoms. The third-order valence-corrected chi connectivity index (χ3v) is 4.41. The molecule has 1 heterocycles. The quantitative estimate of drug-likeness (QED) is 0.713. The van der Waals surface area contributed by atoms with Crippen LogP contribution in [0.1, 0.15) is 23.7 Å². The van der Waals surface area contributed by atoms with E-state index in [-0.39, 0.29) is 24.8 Å². The van der Waals surface area contributed by atoms with E-state index in [1.54, 1.807) is 0 Å². The maximum atomic E-state index is 6.23. The first kappa shape index (κ1) is 21.0. The maximum absolute atomic E-state index is 6.23. The predicted octanol–water partition coefficient (Wildman–Crippen LogP) is 4.13. The average Bonchev–Trinajstić information content (AvgIpc) is 2.61. The molecule has 0 saturated heterocycles. The number of hydrogen-bond donors (Lipinski definition) is 1. The lowest BCUT2D eigenvalue weighted by atomic mass is 9.99. The molecule has 2 atom stereocenters. The molecule has 0 spiro atoms. The molecule has 1 N–H and O–H groups in total. The number of fused-ring (bicyclic) bond motifs is 1. The number of hydrogen-bond acceptors (Lipinski definition) is 4. The van der Waals surface area contributed by atoms with Crippen LogP contribution in [0.5, 0.6) is 5.75 Å². The van der Waals surface area contributed by atoms with Gasteiger partial charge in [0.15, 0.2) is 0 Å². The molecule has 142 valence electrons. The van der Waals surface area contributed by atoms with Crippen molar-refractivity contribution in [3.8, 4) is 5.75 Å². The highest BCUT2D eigenvalue weighted by molar-refractivity contribution is 6.30. The Morgan fingerprint density at radius 3 is 2.62 bits per heavy atom. The van der Waals surface area contributed by atoms with Gasteiger partial charge in [-0.3, -0.25) is 0 Å². The van der Waals surface area contributed by atoms with Crippen LogP contribution >= 0.6 is 24.0 Å². The van der Waals surface area contributed by atoms with Gasteiger partial charge < -0.3 is 19.7 Å². The van der Waals surface area contributed by atoms with Crippen molar-refractivity contribution in [2.75, 3.05) is 33.7 Å². The van der Waals surface area contributed by atoms with Gasteiger partial charge in [0, 0.05) is 10.6 Å². The molecule has 0 aliphatic carbocycles. The lowest BCUT2D eigenvalue weighted by Gasteiger charge is -2.33. The van der Waals surface area contributed by atoms with Crippen LogP contribution < -0.4 is 10.1 Å². The molecule has 0 saturated carbocycles. The average molecular weight is 397 g/mol. The fourth-order valence-corrected chi connectivity index (χ4v) is 3.12. The molecule has 2 aromatic rings. The second-order valence-corrected chi connectivity index (χ2v) is 6.95. The van der Waals surface area contributed by atoms with Crippen LogP contribution in [0.4, 0.5) is 0 Å². The molecular weight excluding hydrogens is 371 g/mol. The summed E-state index contributed by atoms with van der Waals surface area (Å²) in [5, 5.41) is 4.11. The monoisotopic (exact) mass is 396 g/mol. The smallest absolute Gasteiger partial charge is 0.213 e. The molecule has 4 nitrogen and oxygen atoms in total. The van der Waals surface area contributed by atoms with Gasteiger partial charge in [0.05, 0.1) is 6.54 Å². The van der Waals surface area contributed by atoms with E-state index < -0.39 is 0 Å². The van der Waals surface area contributed by atoms with Gasteiger partial charge >= 0.3 is 0 Å². The largest absolute Gasteiger partial charge is 0.463 e. The zero-order chi connectivity index (χ0) is 17.6. The van der Waals surface area contributed by atoms with Crippen molar-refractivity contribution in [1.82, 2.24) is 10.2 Å². The highest BCUT2D eigenvalue weighted by Gasteiger charge is 2.30. The molecule has 26 heavy (non-hydrogen) atoms. The maximum Gasteiger partial charge on any atom is 0.213 e. The molecule has 1 aliphatic rings. The highest BCUT2D eigenvalue weighted by atomic mass is 35.5. The SMILES string of the molecule is CN(C)CCCNC[C@H]1Oc2ccc(Cl)cc2[C@H](c2ccccc2)O1.Cl. The van der Waals surface area contributed by atoms with Crippen LogP contribution in [-0.4, -0.2) is 44.9 Å². The topological polar surface area (TPSA) is 33.7 Å². The molecule has 0 fully saturated rings. The summed E-state index contributed by atoms with van der Waals surface area (Å²) < 4.78 is 12.2. The summed E-state index contributed by atoms with van der Waals surface area (Å²) in [6, 6.07) is 15.9. The van der Waals surface area contributed by atoms with Crippen LogP contribution in [-0.2, 0) is 4.74 Å². The molecule has 1 aliphatic heterocycles. The molecule has 0 amide bonds. The van der Waals surface area contributed by atoms with Crippen LogP contribution in [0.2, 0.25) is 5.02 Å². The molecule has 0 aromatic heterocycles. The summed E-state index contributed by atoms with van der Waals surface area (Å²) >= 11 is 6.18. The summed E-state index contributed by atoms with van der Waals surface area (Å²) in [6.07, 6.45) is 0.601. The van der Waals surface area contributed by atoms with E-state index in [9.17, 15) is 0 Å². The minimum Gasteiger partial charge on any atom is -0.463 e. The highest BCUT2D eigenvalue weighted by Crippen LogP contribution is 2.39. The Kier molecular flexibility index (Phi) is 8.19. The standard InChI is InChI=1S/C20H25ClN2O2.ClH/c1-23(2)12-6-11-22-14-19-24-18-10-9-16(21)13-17(18)20(25-19)15-7-4-3-5-8-15;/h3-5,7-10,13,19-20,22H,6,11-12,14H2,1-2H3;1H/t19-,20-;/m0./s1. The lowest BCUT2D eigenvalue weighted by Crippen LogP contribution is -2.38. The lowest BCUT2D eigenvalue weighted by molar-refractivity contribution is -0.124. The second kappa shape index (κ2) is 10.1. The fraction of sp³-hybridized carbons (Fsp3) is 0.400. The third-order valence-electron chi connectivity index (χ3n) is 4.17. The number of benzene rings is 2. The molecule has 3 rings (SSSR count). The van der Waals surface area contributed by atoms with Crippen molar-refractivity contribution in [2.24, 2.45) is 0 Å². The summed E-state index contributed by atoms with van der Waals surface area (Å²) in [4.78, 5) is 2.18. The summed E-state index contributed by atoms with van der Waals surface area (Å²) in [7, 11) is 4.17. The van der Waals surface area contributed by atoms with Crippen molar-refractivity contribution in [2.45, 2.75) is 18.8 Å². The molecule has 0 bridgehead atoms. The summed E-state index contributed by atoms with van der Waals surface area (Å²) in [5.41, 5.74) is 2.08. The minimum absolute atomic E-state index is 0. The van der Waals surface area contributed by atoms with E-state index >= 15 is 0 Å². The molecule has 2 aromatic carbocycles. The van der Waals surface area contributed by atoms with Crippen molar-refractivity contribution in [3.05, 3.63) is 64.7 Å². The summed E-state index contributed by atoms with van der Waals surface area (Å²) in [5.74, 6) is 0.838. The number of ether oxygens (including phenoxy) is 2. The number of nitrogens with one attached hydrogen (secondary N) is 1. The minimum atomic E-state index is -0.321. The number of halogens is 2. The fourth-order valence-electron chi connectivity index (χ4n) is 2.94. The van der Waals surface area contributed by atoms with Crippen LogP contribution in [0, 0.1) is 0 Å². The van der Waals surface area contributed by atoms with Gasteiger partial charge in [0.2, 0.25) is 6.29 Å². The molecule has 0 radical (unpaired) electrons. The van der Waals surface area contributed by atoms with Gasteiger partial charge in [-0.15, -0.1) is 12.4 Å². The third kappa shape index (κ3) is 5.60. The Morgan fingerprint density at radius 1 is 1.12 bits per heavy atom. The van der Waals surface area contributed by atoms with E-state index in [1.165, 1.54) is 0 Å². The zero-order valence-electron chi connectivity index (χ0n) is 15.2. The van der Waals surface area contributed by atoms with Gasteiger partial charge in [-0.1, -0.05) is 41.9 Å². The zero-order valence-corrected chi connectivity index (χ0v) is 16.7. The van der Waals surface area contributed by atoms with E-state index in [0.29, 0.717) is 11.6 Å². The normalized spacial score (nSPS) is 18.8. The molecule has 0 unspecified atom stereocenters. The Hall–Kier alpha value is -1.30. The van der Waals surface area contributed by atoms with Crippen molar-refractivity contribution in [3.63, 3.8) is 0 Å². The van der Waals surface area contributed by atoms with Crippen molar-refractivity contribution >= 4 is 24.0 Å². The van der Waals surface area contributed by atoms with Gasteiger partial charge in [0.1, 0.15) is 11.9 Å². The van der Waals surface area contributed by atoms with E-state index in [1.807, 2.05) is 36.4 Å². The first-order chi connectivity index (χ1) is 12.1. The Morgan fingerprint density at radius 2 is 1.88 bits per heavy atom. The van der Waals surface area contributed by atoms with Gasteiger partial charge in [-0.05, 0) is 57.4 Å². The van der Waals surface area contributed by atoms with Crippen LogP contribution in [0.15, 0.2) is 48.5 Å². The van der Waals surface area contributed by atoms with E-state index in [4.69, 9.17) is 21.1 Å². The first-order valence-corrected chi connectivity index (χ1v) is 9.03. The Labute approximate surface area is 166 Å². The van der Waals surface area contributed by atoms with Crippen molar-refractivity contribution < 1.29 is 9.47 Å².